The summed E-state index contributed by atoms with van der Waals surface area (Å²) >= 11 is 7.60. The molecule has 1 aromatic heterocycles. The Bertz CT molecular complexity index is 1070. The first-order valence-electron chi connectivity index (χ1n) is 9.19. The van der Waals surface area contributed by atoms with Crippen LogP contribution in [0, 0.1) is 0 Å². The van der Waals surface area contributed by atoms with Crippen LogP contribution >= 0.6 is 22.9 Å². The van der Waals surface area contributed by atoms with Crippen molar-refractivity contribution in [1.82, 2.24) is 9.88 Å². The van der Waals surface area contributed by atoms with Gasteiger partial charge in [0.2, 0.25) is 10.0 Å². The molecular weight excluding hydrogens is 428 g/mol. The quantitative estimate of drug-likeness (QED) is 0.646. The summed E-state index contributed by atoms with van der Waals surface area (Å²) in [6.45, 7) is 4.42. The molecule has 0 radical (unpaired) electrons. The molecule has 9 heteroatoms. The Morgan fingerprint density at radius 2 is 1.66 bits per heavy atom. The van der Waals surface area contributed by atoms with E-state index in [0.717, 1.165) is 59.7 Å². The van der Waals surface area contributed by atoms with E-state index in [1.54, 1.807) is 23.5 Å². The monoisotopic (exact) mass is 448 g/mol. The van der Waals surface area contributed by atoms with Crippen LogP contribution in [0.3, 0.4) is 0 Å². The highest BCUT2D eigenvalue weighted by molar-refractivity contribution is 7.89. The van der Waals surface area contributed by atoms with Crippen LogP contribution in [-0.4, -0.2) is 44.5 Å². The molecule has 2 N–H and O–H groups in total. The number of piperazine rings is 1. The largest absolute Gasteiger partial charge is 0.369 e. The third-order valence-electron chi connectivity index (χ3n) is 4.93. The molecular formula is C20H21ClN4O2S2. The van der Waals surface area contributed by atoms with Crippen LogP contribution in [0.1, 0.15) is 5.69 Å². The second kappa shape index (κ2) is 8.41. The molecule has 0 spiro atoms. The van der Waals surface area contributed by atoms with Crippen LogP contribution in [0.5, 0.6) is 0 Å². The SMILES string of the molecule is NS(=O)(=O)c1ccc(N2CCN(Cc3csc(-c4ccc(Cl)cc4)n3)CC2)cc1. The van der Waals surface area contributed by atoms with Crippen LogP contribution < -0.4 is 10.0 Å². The molecule has 6 nitrogen and oxygen atoms in total. The van der Waals surface area contributed by atoms with E-state index in [9.17, 15) is 8.42 Å². The van der Waals surface area contributed by atoms with Crippen molar-refractivity contribution < 1.29 is 8.42 Å². The maximum absolute atomic E-state index is 11.4. The topological polar surface area (TPSA) is 79.5 Å². The van der Waals surface area contributed by atoms with Gasteiger partial charge in [0.25, 0.3) is 0 Å². The number of halogens is 1. The molecule has 0 bridgehead atoms. The van der Waals surface area contributed by atoms with Gasteiger partial charge in [-0.05, 0) is 36.4 Å². The Balaban J connectivity index is 1.34. The summed E-state index contributed by atoms with van der Waals surface area (Å²) in [4.78, 5) is 9.54. The molecule has 1 fully saturated rings. The summed E-state index contributed by atoms with van der Waals surface area (Å²) < 4.78 is 22.8. The maximum atomic E-state index is 11.4. The number of thiazole rings is 1. The molecule has 3 aromatic rings. The molecule has 152 valence electrons. The predicted octanol–water partition coefficient (Wildman–Crippen LogP) is 3.43. The van der Waals surface area contributed by atoms with E-state index in [4.69, 9.17) is 21.7 Å². The van der Waals surface area contributed by atoms with Crippen LogP contribution in [0.4, 0.5) is 5.69 Å². The van der Waals surface area contributed by atoms with Gasteiger partial charge in [-0.15, -0.1) is 11.3 Å². The van der Waals surface area contributed by atoms with E-state index >= 15 is 0 Å². The van der Waals surface area contributed by atoms with E-state index in [2.05, 4.69) is 15.2 Å². The summed E-state index contributed by atoms with van der Waals surface area (Å²) in [5.41, 5.74) is 3.17. The van der Waals surface area contributed by atoms with E-state index in [-0.39, 0.29) is 4.90 Å². The van der Waals surface area contributed by atoms with Crippen molar-refractivity contribution in [3.8, 4) is 10.6 Å². The van der Waals surface area contributed by atoms with Gasteiger partial charge in [0.1, 0.15) is 5.01 Å². The summed E-state index contributed by atoms with van der Waals surface area (Å²) in [7, 11) is -3.65. The third-order valence-corrected chi connectivity index (χ3v) is 7.05. The molecule has 2 aromatic carbocycles. The first-order chi connectivity index (χ1) is 13.9. The van der Waals surface area contributed by atoms with Crippen molar-refractivity contribution >= 4 is 38.6 Å². The highest BCUT2D eigenvalue weighted by atomic mass is 35.5. The van der Waals surface area contributed by atoms with Gasteiger partial charge in [-0.1, -0.05) is 23.7 Å². The molecule has 0 saturated carbocycles. The van der Waals surface area contributed by atoms with Crippen molar-refractivity contribution in [3.05, 3.63) is 64.6 Å². The van der Waals surface area contributed by atoms with Gasteiger partial charge in [-0.3, -0.25) is 4.90 Å². The highest BCUT2D eigenvalue weighted by Gasteiger charge is 2.19. The number of primary sulfonamides is 1. The van der Waals surface area contributed by atoms with Gasteiger partial charge in [-0.25, -0.2) is 18.5 Å². The minimum Gasteiger partial charge on any atom is -0.369 e. The van der Waals surface area contributed by atoms with Gasteiger partial charge in [0.05, 0.1) is 10.6 Å². The standard InChI is InChI=1S/C20H21ClN4O2S2/c21-16-3-1-15(2-4-16)20-23-17(14-28-20)13-24-9-11-25(12-10-24)18-5-7-19(8-6-18)29(22,26)27/h1-8,14H,9-13H2,(H2,22,26,27). The lowest BCUT2D eigenvalue weighted by atomic mass is 10.2. The lowest BCUT2D eigenvalue weighted by molar-refractivity contribution is 0.247. The average molecular weight is 449 g/mol. The first kappa shape index (κ1) is 20.3. The second-order valence-corrected chi connectivity index (χ2v) is 9.81. The number of nitrogens with two attached hydrogens (primary N) is 1. The summed E-state index contributed by atoms with van der Waals surface area (Å²) in [6.07, 6.45) is 0. The Hall–Kier alpha value is -1.97. The predicted molar refractivity (Wildman–Crippen MR) is 118 cm³/mol. The zero-order valence-electron chi connectivity index (χ0n) is 15.7. The molecule has 29 heavy (non-hydrogen) atoms. The minimum absolute atomic E-state index is 0.139. The normalized spacial score (nSPS) is 15.6. The van der Waals surface area contributed by atoms with Crippen molar-refractivity contribution in [1.29, 1.82) is 0 Å². The Morgan fingerprint density at radius 3 is 2.28 bits per heavy atom. The summed E-state index contributed by atoms with van der Waals surface area (Å²) in [5.74, 6) is 0. The summed E-state index contributed by atoms with van der Waals surface area (Å²) in [5, 5.41) is 9.01. The van der Waals surface area contributed by atoms with Gasteiger partial charge in [-0.2, -0.15) is 0 Å². The lowest BCUT2D eigenvalue weighted by Crippen LogP contribution is -2.46. The molecule has 0 atom stereocenters. The van der Waals surface area contributed by atoms with E-state index in [1.807, 2.05) is 36.4 Å². The van der Waals surface area contributed by atoms with Crippen LogP contribution in [0.15, 0.2) is 58.8 Å². The number of rotatable bonds is 5. The number of nitrogens with zero attached hydrogens (tertiary/aromatic N) is 3. The Kier molecular flexibility index (Phi) is 5.89. The Labute approximate surface area is 179 Å². The van der Waals surface area contributed by atoms with Gasteiger partial charge < -0.3 is 4.90 Å². The fourth-order valence-corrected chi connectivity index (χ4v) is 4.80. The smallest absolute Gasteiger partial charge is 0.238 e. The van der Waals surface area contributed by atoms with Crippen LogP contribution in [0.25, 0.3) is 10.6 Å². The van der Waals surface area contributed by atoms with Crippen LogP contribution in [-0.2, 0) is 16.6 Å². The molecule has 2 heterocycles. The number of sulfonamides is 1. The molecule has 0 aliphatic carbocycles. The number of aromatic nitrogens is 1. The number of benzene rings is 2. The minimum atomic E-state index is -3.65. The fraction of sp³-hybridized carbons (Fsp3) is 0.250. The average Bonchev–Trinajstić information content (AvgIpc) is 3.17. The number of hydrogen-bond acceptors (Lipinski definition) is 6. The van der Waals surface area contributed by atoms with Crippen molar-refractivity contribution in [2.75, 3.05) is 31.1 Å². The highest BCUT2D eigenvalue weighted by Crippen LogP contribution is 2.26. The van der Waals surface area contributed by atoms with E-state index in [0.29, 0.717) is 0 Å². The van der Waals surface area contributed by atoms with Gasteiger partial charge >= 0.3 is 0 Å². The Morgan fingerprint density at radius 1 is 1.00 bits per heavy atom. The maximum Gasteiger partial charge on any atom is 0.238 e. The second-order valence-electron chi connectivity index (χ2n) is 6.95. The van der Waals surface area contributed by atoms with Crippen molar-refractivity contribution in [2.24, 2.45) is 5.14 Å². The van der Waals surface area contributed by atoms with Gasteiger partial charge in [0.15, 0.2) is 0 Å². The first-order valence-corrected chi connectivity index (χ1v) is 12.0. The molecule has 1 aliphatic heterocycles. The number of hydrogen-bond donors (Lipinski definition) is 1. The zero-order chi connectivity index (χ0) is 20.4. The molecule has 0 unspecified atom stereocenters. The van der Waals surface area contributed by atoms with Crippen molar-refractivity contribution in [2.45, 2.75) is 11.4 Å². The van der Waals surface area contributed by atoms with E-state index in [1.165, 1.54) is 0 Å². The number of anilines is 1. The van der Waals surface area contributed by atoms with E-state index < -0.39 is 10.0 Å². The fourth-order valence-electron chi connectivity index (χ4n) is 3.34. The van der Waals surface area contributed by atoms with Gasteiger partial charge in [0, 0.05) is 54.4 Å². The van der Waals surface area contributed by atoms with Crippen LogP contribution in [0.2, 0.25) is 5.02 Å². The molecule has 0 amide bonds. The zero-order valence-corrected chi connectivity index (χ0v) is 18.1. The molecule has 1 saturated heterocycles. The molecule has 4 rings (SSSR count). The molecule has 1 aliphatic rings. The lowest BCUT2D eigenvalue weighted by Gasteiger charge is -2.35. The summed E-state index contributed by atoms with van der Waals surface area (Å²) in [6, 6.07) is 14.5. The van der Waals surface area contributed by atoms with Crippen molar-refractivity contribution in [3.63, 3.8) is 0 Å². The third kappa shape index (κ3) is 4.96.